The van der Waals surface area contributed by atoms with Gasteiger partial charge < -0.3 is 18.6 Å². The predicted molar refractivity (Wildman–Crippen MR) is 131 cm³/mol. The molecule has 0 saturated carbocycles. The van der Waals surface area contributed by atoms with Crippen LogP contribution in [0.1, 0.15) is 34.3 Å². The van der Waals surface area contributed by atoms with E-state index in [1.807, 2.05) is 31.2 Å². The van der Waals surface area contributed by atoms with Gasteiger partial charge in [0, 0.05) is 19.6 Å². The van der Waals surface area contributed by atoms with Gasteiger partial charge in [-0.05, 0) is 43.4 Å². The first kappa shape index (κ1) is 23.1. The van der Waals surface area contributed by atoms with Crippen LogP contribution in [0.4, 0.5) is 5.00 Å². The minimum atomic E-state index is -1.13. The largest absolute Gasteiger partial charge is 0.496 e. The average Bonchev–Trinajstić information content (AvgIpc) is 3.51. The van der Waals surface area contributed by atoms with Gasteiger partial charge in [0.1, 0.15) is 22.4 Å². The molecule has 3 aromatic rings. The standard InChI is InChI=1S/C24H25N3O5S2/c1-15-18-20(28)24(8-12-26(34-30)13-9-24)23(29)27(11-7-16-5-3-4-6-17(16)31-2)22(18)33-19(15)21-25-10-14-32-21/h3-6,10,14,30H,7-9,11-13H2,1-2H3. The molecule has 1 amide bonds. The number of Topliss-reactive ketones (excluding diaryl/α,β-unsaturated/α-hetero) is 1. The molecule has 0 bridgehead atoms. The molecule has 1 spiro atoms. The molecule has 2 aromatic heterocycles. The van der Waals surface area contributed by atoms with Crippen molar-refractivity contribution in [3.8, 4) is 16.5 Å². The van der Waals surface area contributed by atoms with Crippen molar-refractivity contribution in [2.24, 2.45) is 5.41 Å². The van der Waals surface area contributed by atoms with Crippen LogP contribution in [0.2, 0.25) is 0 Å². The lowest BCUT2D eigenvalue weighted by atomic mass is 9.69. The number of carbonyl (C=O) groups is 2. The zero-order valence-corrected chi connectivity index (χ0v) is 20.6. The summed E-state index contributed by atoms with van der Waals surface area (Å²) in [4.78, 5) is 34.7. The summed E-state index contributed by atoms with van der Waals surface area (Å²) in [7, 11) is 1.63. The van der Waals surface area contributed by atoms with E-state index in [4.69, 9.17) is 9.15 Å². The third-order valence-corrected chi connectivity index (χ3v) is 8.70. The lowest BCUT2D eigenvalue weighted by Gasteiger charge is -2.44. The Morgan fingerprint density at radius 3 is 2.71 bits per heavy atom. The minimum Gasteiger partial charge on any atom is -0.496 e. The van der Waals surface area contributed by atoms with E-state index in [0.29, 0.717) is 67.6 Å². The van der Waals surface area contributed by atoms with E-state index < -0.39 is 5.41 Å². The van der Waals surface area contributed by atoms with Crippen molar-refractivity contribution in [2.45, 2.75) is 26.2 Å². The van der Waals surface area contributed by atoms with Crippen LogP contribution in [-0.2, 0) is 11.2 Å². The van der Waals surface area contributed by atoms with Crippen molar-refractivity contribution >= 4 is 40.3 Å². The van der Waals surface area contributed by atoms with Gasteiger partial charge in [0.2, 0.25) is 11.8 Å². The van der Waals surface area contributed by atoms with Gasteiger partial charge in [-0.25, -0.2) is 9.29 Å². The van der Waals surface area contributed by atoms with Gasteiger partial charge in [0.05, 0.1) is 36.0 Å². The van der Waals surface area contributed by atoms with Gasteiger partial charge in [-0.15, -0.1) is 11.3 Å². The molecule has 0 atom stereocenters. The number of ketones is 1. The summed E-state index contributed by atoms with van der Waals surface area (Å²) in [5.74, 6) is 0.925. The summed E-state index contributed by atoms with van der Waals surface area (Å²) in [5, 5.41) is 0.653. The van der Waals surface area contributed by atoms with Gasteiger partial charge in [-0.1, -0.05) is 18.2 Å². The van der Waals surface area contributed by atoms with Crippen molar-refractivity contribution in [3.63, 3.8) is 0 Å². The molecule has 5 rings (SSSR count). The summed E-state index contributed by atoms with van der Waals surface area (Å²) in [6.45, 7) is 3.24. The summed E-state index contributed by atoms with van der Waals surface area (Å²) < 4.78 is 22.3. The Hall–Kier alpha value is -2.66. The van der Waals surface area contributed by atoms with Crippen LogP contribution in [0.3, 0.4) is 0 Å². The molecule has 0 aliphatic carbocycles. The molecule has 1 saturated heterocycles. The number of oxazole rings is 1. The second kappa shape index (κ2) is 9.18. The van der Waals surface area contributed by atoms with Gasteiger partial charge in [-0.3, -0.25) is 9.59 Å². The number of piperidine rings is 1. The van der Waals surface area contributed by atoms with Crippen LogP contribution < -0.4 is 9.64 Å². The average molecular weight is 500 g/mol. The van der Waals surface area contributed by atoms with E-state index in [2.05, 4.69) is 4.98 Å². The van der Waals surface area contributed by atoms with E-state index in [1.165, 1.54) is 17.6 Å². The number of nitrogens with zero attached hydrogens (tertiary/aromatic N) is 3. The SMILES string of the molecule is COc1ccccc1CCN1C(=O)C2(CCN(SO)CC2)C(=O)c2c1sc(-c1ncco1)c2C. The maximum atomic E-state index is 14.0. The Morgan fingerprint density at radius 1 is 1.26 bits per heavy atom. The van der Waals surface area contributed by atoms with Crippen molar-refractivity contribution in [3.05, 3.63) is 53.4 Å². The molecular weight excluding hydrogens is 474 g/mol. The number of carbonyl (C=O) groups excluding carboxylic acids is 2. The number of rotatable bonds is 6. The fourth-order valence-corrected chi connectivity index (χ4v) is 6.53. The molecule has 8 nitrogen and oxygen atoms in total. The number of ether oxygens (including phenoxy) is 1. The van der Waals surface area contributed by atoms with Crippen LogP contribution in [0.15, 0.2) is 41.1 Å². The molecule has 1 N–H and O–H groups in total. The molecule has 178 valence electrons. The maximum Gasteiger partial charge on any atom is 0.241 e. The first-order chi connectivity index (χ1) is 16.5. The van der Waals surface area contributed by atoms with E-state index >= 15 is 0 Å². The van der Waals surface area contributed by atoms with E-state index in [9.17, 15) is 14.1 Å². The molecule has 1 aromatic carbocycles. The van der Waals surface area contributed by atoms with Crippen LogP contribution in [0.25, 0.3) is 10.8 Å². The smallest absolute Gasteiger partial charge is 0.241 e. The fraction of sp³-hybridized carbons (Fsp3) is 0.375. The highest BCUT2D eigenvalue weighted by Crippen LogP contribution is 2.51. The summed E-state index contributed by atoms with van der Waals surface area (Å²) in [5.41, 5.74) is 1.25. The summed E-state index contributed by atoms with van der Waals surface area (Å²) in [6.07, 6.45) is 4.40. The number of thiophene rings is 1. The Morgan fingerprint density at radius 2 is 2.03 bits per heavy atom. The van der Waals surface area contributed by atoms with Crippen molar-refractivity contribution in [1.82, 2.24) is 9.29 Å². The van der Waals surface area contributed by atoms with Crippen molar-refractivity contribution in [2.75, 3.05) is 31.6 Å². The number of amides is 1. The Labute approximate surface area is 205 Å². The first-order valence-electron chi connectivity index (χ1n) is 11.1. The molecular formula is C24H25N3O5S2. The molecule has 4 heterocycles. The lowest BCUT2D eigenvalue weighted by molar-refractivity contribution is -0.127. The Bertz CT molecular complexity index is 1220. The number of fused-ring (bicyclic) bond motifs is 1. The maximum absolute atomic E-state index is 14.0. The van der Waals surface area contributed by atoms with Crippen LogP contribution in [-0.4, -0.2) is 52.3 Å². The van der Waals surface area contributed by atoms with E-state index in [0.717, 1.165) is 21.8 Å². The highest BCUT2D eigenvalue weighted by atomic mass is 32.2. The van der Waals surface area contributed by atoms with Crippen molar-refractivity contribution < 1.29 is 23.3 Å². The van der Waals surface area contributed by atoms with E-state index in [-0.39, 0.29) is 11.7 Å². The number of methoxy groups -OCH3 is 1. The number of benzene rings is 1. The Kier molecular flexibility index (Phi) is 6.24. The molecule has 10 heteroatoms. The first-order valence-corrected chi connectivity index (χ1v) is 12.6. The van der Waals surface area contributed by atoms with Crippen LogP contribution >= 0.6 is 23.6 Å². The predicted octanol–water partition coefficient (Wildman–Crippen LogP) is 4.70. The number of para-hydroxylation sites is 1. The molecule has 1 fully saturated rings. The third-order valence-electron chi connectivity index (χ3n) is 6.80. The number of hydrogen-bond donors (Lipinski definition) is 1. The highest BCUT2D eigenvalue weighted by molar-refractivity contribution is 7.91. The molecule has 2 aliphatic heterocycles. The third kappa shape index (κ3) is 3.65. The minimum absolute atomic E-state index is 0.129. The topological polar surface area (TPSA) is 96.1 Å². The van der Waals surface area contributed by atoms with Crippen molar-refractivity contribution in [1.29, 1.82) is 0 Å². The van der Waals surface area contributed by atoms with Gasteiger partial charge in [0.25, 0.3) is 0 Å². The van der Waals surface area contributed by atoms with Crippen LogP contribution in [0.5, 0.6) is 5.75 Å². The second-order valence-corrected chi connectivity index (χ2v) is 10.2. The van der Waals surface area contributed by atoms with Gasteiger partial charge >= 0.3 is 0 Å². The Balaban J connectivity index is 1.57. The quantitative estimate of drug-likeness (QED) is 0.296. The second-order valence-electron chi connectivity index (χ2n) is 8.51. The van der Waals surface area contributed by atoms with E-state index in [1.54, 1.807) is 22.5 Å². The zero-order chi connectivity index (χ0) is 23.9. The molecule has 0 unspecified atom stereocenters. The molecule has 2 aliphatic rings. The zero-order valence-electron chi connectivity index (χ0n) is 18.9. The van der Waals surface area contributed by atoms with Crippen LogP contribution in [0, 0.1) is 12.3 Å². The normalized spacial score (nSPS) is 17.9. The monoisotopic (exact) mass is 499 g/mol. The van der Waals surface area contributed by atoms with Gasteiger partial charge in [0.15, 0.2) is 5.78 Å². The lowest BCUT2D eigenvalue weighted by Crippen LogP contribution is -2.57. The molecule has 0 radical (unpaired) electrons. The summed E-state index contributed by atoms with van der Waals surface area (Å²) >= 11 is 2.04. The fourth-order valence-electron chi connectivity index (χ4n) is 4.92. The number of hydrogen-bond acceptors (Lipinski definition) is 9. The highest BCUT2D eigenvalue weighted by Gasteiger charge is 2.55. The number of anilines is 1. The van der Waals surface area contributed by atoms with Gasteiger partial charge in [-0.2, -0.15) is 0 Å². The number of aromatic nitrogens is 1. The summed E-state index contributed by atoms with van der Waals surface area (Å²) in [6, 6.07) is 7.76. The molecule has 34 heavy (non-hydrogen) atoms.